The van der Waals surface area contributed by atoms with Crippen LogP contribution < -0.4 is 0 Å². The van der Waals surface area contributed by atoms with Crippen molar-refractivity contribution in [1.82, 2.24) is 4.90 Å². The van der Waals surface area contributed by atoms with Crippen molar-refractivity contribution >= 4 is 17.7 Å². The second kappa shape index (κ2) is 3.17. The minimum absolute atomic E-state index is 0.121. The molecule has 0 saturated heterocycles. The normalized spacial score (nSPS) is 17.8. The van der Waals surface area contributed by atoms with Gasteiger partial charge in [0.2, 0.25) is 0 Å². The first kappa shape index (κ1) is 8.46. The third kappa shape index (κ3) is 1.89. The summed E-state index contributed by atoms with van der Waals surface area (Å²) >= 11 is 1.70. The highest BCUT2D eigenvalue weighted by molar-refractivity contribution is 8.03. The minimum atomic E-state index is -0.764. The number of nitrogens with zero attached hydrogens (tertiary/aromatic N) is 1. The van der Waals surface area contributed by atoms with Gasteiger partial charge in [0.1, 0.15) is 6.54 Å². The summed E-state index contributed by atoms with van der Waals surface area (Å²) in [6, 6.07) is 0. The predicted molar refractivity (Wildman–Crippen MR) is 45.2 cm³/mol. The fraction of sp³-hybridized carbons (Fsp3) is 0.571. The van der Waals surface area contributed by atoms with E-state index >= 15 is 0 Å². The molecule has 1 aliphatic heterocycles. The molecule has 1 N–H and O–H groups in total. The molecule has 3 nitrogen and oxygen atoms in total. The molecule has 0 fully saturated rings. The predicted octanol–water partition coefficient (Wildman–Crippen LogP) is 1.33. The average Bonchev–Trinajstić information content (AvgIpc) is 2.18. The lowest BCUT2D eigenvalue weighted by Gasteiger charge is -2.15. The van der Waals surface area contributed by atoms with Gasteiger partial charge in [0.25, 0.3) is 0 Å². The molecule has 0 unspecified atom stereocenters. The number of allylic oxidation sites excluding steroid dienone is 2. The van der Waals surface area contributed by atoms with Crippen LogP contribution in [0.4, 0.5) is 0 Å². The Morgan fingerprint density at radius 3 is 2.73 bits per heavy atom. The van der Waals surface area contributed by atoms with Crippen LogP contribution in [0, 0.1) is 0 Å². The van der Waals surface area contributed by atoms with Gasteiger partial charge in [0.15, 0.2) is 0 Å². The van der Waals surface area contributed by atoms with Gasteiger partial charge >= 0.3 is 5.97 Å². The Hall–Kier alpha value is -0.640. The SMILES string of the molecule is CC1=C(C)N(CC(=O)O)CS1. The molecular weight excluding hydrogens is 162 g/mol. The van der Waals surface area contributed by atoms with Crippen LogP contribution >= 0.6 is 11.8 Å². The van der Waals surface area contributed by atoms with Crippen molar-refractivity contribution in [2.24, 2.45) is 0 Å². The monoisotopic (exact) mass is 173 g/mol. The van der Waals surface area contributed by atoms with Crippen LogP contribution in [0.3, 0.4) is 0 Å². The van der Waals surface area contributed by atoms with Gasteiger partial charge in [0, 0.05) is 10.6 Å². The summed E-state index contributed by atoms with van der Waals surface area (Å²) in [6.45, 7) is 4.09. The third-order valence-corrected chi connectivity index (χ3v) is 2.92. The maximum absolute atomic E-state index is 10.3. The van der Waals surface area contributed by atoms with E-state index in [1.165, 1.54) is 4.91 Å². The van der Waals surface area contributed by atoms with Gasteiger partial charge in [0.05, 0.1) is 5.88 Å². The van der Waals surface area contributed by atoms with Crippen LogP contribution in [-0.2, 0) is 4.79 Å². The Balaban J connectivity index is 2.57. The molecule has 0 aromatic heterocycles. The Labute approximate surface area is 70.1 Å². The zero-order valence-corrected chi connectivity index (χ0v) is 7.44. The Morgan fingerprint density at radius 2 is 2.36 bits per heavy atom. The lowest BCUT2D eigenvalue weighted by atomic mass is 10.4. The number of aliphatic carboxylic acids is 1. The molecule has 0 spiro atoms. The van der Waals surface area contributed by atoms with Crippen LogP contribution in [0.5, 0.6) is 0 Å². The molecule has 0 amide bonds. The smallest absolute Gasteiger partial charge is 0.323 e. The number of hydrogen-bond donors (Lipinski definition) is 1. The van der Waals surface area contributed by atoms with Gasteiger partial charge in [-0.25, -0.2) is 0 Å². The van der Waals surface area contributed by atoms with Crippen LogP contribution in [0.1, 0.15) is 13.8 Å². The molecule has 1 rings (SSSR count). The molecule has 0 aromatic carbocycles. The van der Waals surface area contributed by atoms with Crippen molar-refractivity contribution in [2.75, 3.05) is 12.4 Å². The standard InChI is InChI=1S/C7H11NO2S/c1-5-6(2)11-4-8(5)3-7(9)10/h3-4H2,1-2H3,(H,9,10). The zero-order chi connectivity index (χ0) is 8.43. The molecular formula is C7H11NO2S. The van der Waals surface area contributed by atoms with E-state index in [2.05, 4.69) is 0 Å². The van der Waals surface area contributed by atoms with Crippen LogP contribution in [0.15, 0.2) is 10.6 Å². The van der Waals surface area contributed by atoms with Gasteiger partial charge in [-0.3, -0.25) is 4.79 Å². The second-order valence-electron chi connectivity index (χ2n) is 2.51. The third-order valence-electron chi connectivity index (χ3n) is 1.75. The average molecular weight is 173 g/mol. The highest BCUT2D eigenvalue weighted by Gasteiger charge is 2.18. The van der Waals surface area contributed by atoms with E-state index < -0.39 is 5.97 Å². The van der Waals surface area contributed by atoms with E-state index in [1.54, 1.807) is 11.8 Å². The molecule has 0 saturated carbocycles. The first-order valence-corrected chi connectivity index (χ1v) is 4.37. The number of hydrogen-bond acceptors (Lipinski definition) is 3. The summed E-state index contributed by atoms with van der Waals surface area (Å²) in [6.07, 6.45) is 0. The number of carbonyl (C=O) groups is 1. The van der Waals surface area contributed by atoms with Gasteiger partial charge in [-0.2, -0.15) is 0 Å². The molecule has 0 aliphatic carbocycles. The Kier molecular flexibility index (Phi) is 2.44. The fourth-order valence-corrected chi connectivity index (χ4v) is 1.90. The van der Waals surface area contributed by atoms with Gasteiger partial charge in [-0.1, -0.05) is 0 Å². The summed E-state index contributed by atoms with van der Waals surface area (Å²) in [5.74, 6) is 0.0175. The fourth-order valence-electron chi connectivity index (χ4n) is 0.926. The summed E-state index contributed by atoms with van der Waals surface area (Å²) in [5, 5.41) is 8.50. The molecule has 0 aromatic rings. The lowest BCUT2D eigenvalue weighted by Crippen LogP contribution is -2.25. The maximum Gasteiger partial charge on any atom is 0.323 e. The van der Waals surface area contributed by atoms with Crippen LogP contribution in [-0.4, -0.2) is 28.4 Å². The molecule has 1 aliphatic rings. The summed E-state index contributed by atoms with van der Waals surface area (Å²) < 4.78 is 0. The molecule has 0 bridgehead atoms. The van der Waals surface area contributed by atoms with Gasteiger partial charge < -0.3 is 10.0 Å². The Morgan fingerprint density at radius 1 is 1.73 bits per heavy atom. The topological polar surface area (TPSA) is 40.5 Å². The minimum Gasteiger partial charge on any atom is -0.480 e. The molecule has 0 atom stereocenters. The quantitative estimate of drug-likeness (QED) is 0.684. The number of carboxylic acids is 1. The van der Waals surface area contributed by atoms with Crippen molar-refractivity contribution in [3.63, 3.8) is 0 Å². The van der Waals surface area contributed by atoms with E-state index in [1.807, 2.05) is 18.7 Å². The largest absolute Gasteiger partial charge is 0.480 e. The first-order chi connectivity index (χ1) is 5.11. The van der Waals surface area contributed by atoms with Crippen LogP contribution in [0.25, 0.3) is 0 Å². The van der Waals surface area contributed by atoms with Gasteiger partial charge in [-0.05, 0) is 13.8 Å². The number of carboxylic acid groups (broad SMARTS) is 1. The Bertz CT molecular complexity index is 212. The van der Waals surface area contributed by atoms with Gasteiger partial charge in [-0.15, -0.1) is 11.8 Å². The van der Waals surface area contributed by atoms with E-state index in [-0.39, 0.29) is 6.54 Å². The van der Waals surface area contributed by atoms with E-state index in [9.17, 15) is 4.79 Å². The molecule has 11 heavy (non-hydrogen) atoms. The highest BCUT2D eigenvalue weighted by atomic mass is 32.2. The van der Waals surface area contributed by atoms with Crippen molar-refractivity contribution in [2.45, 2.75) is 13.8 Å². The zero-order valence-electron chi connectivity index (χ0n) is 6.63. The van der Waals surface area contributed by atoms with Crippen molar-refractivity contribution in [1.29, 1.82) is 0 Å². The molecule has 62 valence electrons. The summed E-state index contributed by atoms with van der Waals surface area (Å²) in [5.41, 5.74) is 1.09. The maximum atomic E-state index is 10.3. The van der Waals surface area contributed by atoms with Crippen molar-refractivity contribution < 1.29 is 9.90 Å². The van der Waals surface area contributed by atoms with E-state index in [4.69, 9.17) is 5.11 Å². The second-order valence-corrected chi connectivity index (χ2v) is 3.67. The van der Waals surface area contributed by atoms with E-state index in [0.29, 0.717) is 0 Å². The number of thioether (sulfide) groups is 1. The van der Waals surface area contributed by atoms with E-state index in [0.717, 1.165) is 11.6 Å². The number of rotatable bonds is 2. The summed E-state index contributed by atoms with van der Waals surface area (Å²) in [4.78, 5) is 13.4. The highest BCUT2D eigenvalue weighted by Crippen LogP contribution is 2.30. The first-order valence-electron chi connectivity index (χ1n) is 3.38. The lowest BCUT2D eigenvalue weighted by molar-refractivity contribution is -0.137. The van der Waals surface area contributed by atoms with Crippen molar-refractivity contribution in [3.8, 4) is 0 Å². The van der Waals surface area contributed by atoms with Crippen LogP contribution in [0.2, 0.25) is 0 Å². The molecule has 4 heteroatoms. The van der Waals surface area contributed by atoms with Crippen molar-refractivity contribution in [3.05, 3.63) is 10.6 Å². The molecule has 1 heterocycles. The molecule has 0 radical (unpaired) electrons. The summed E-state index contributed by atoms with van der Waals surface area (Å²) in [7, 11) is 0.